The van der Waals surface area contributed by atoms with E-state index < -0.39 is 0 Å². The van der Waals surface area contributed by atoms with Gasteiger partial charge in [-0.3, -0.25) is 0 Å². The van der Waals surface area contributed by atoms with Crippen LogP contribution in [0, 0.1) is 0 Å². The Balaban J connectivity index is 2.63. The van der Waals surface area contributed by atoms with Gasteiger partial charge < -0.3 is 9.53 Å². The van der Waals surface area contributed by atoms with Crippen molar-refractivity contribution in [1.29, 1.82) is 0 Å². The molecule has 0 heterocycles. The summed E-state index contributed by atoms with van der Waals surface area (Å²) in [6.45, 7) is 4.03. The van der Waals surface area contributed by atoms with Crippen LogP contribution in [0.4, 0.5) is 0 Å². The number of carbonyl (C=O) groups excluding carboxylic acids is 1. The van der Waals surface area contributed by atoms with Crippen LogP contribution in [0.3, 0.4) is 0 Å². The van der Waals surface area contributed by atoms with Crippen molar-refractivity contribution in [3.05, 3.63) is 29.8 Å². The normalized spacial score (nSPS) is 10.3. The second-order valence-electron chi connectivity index (χ2n) is 3.83. The summed E-state index contributed by atoms with van der Waals surface area (Å²) in [7, 11) is 0. The maximum absolute atomic E-state index is 10.2. The van der Waals surface area contributed by atoms with Gasteiger partial charge in [-0.25, -0.2) is 0 Å². The number of hydrogen-bond donors (Lipinski definition) is 0. The maximum Gasteiger partial charge on any atom is 0.122 e. The molecule has 0 amide bonds. The molecular formula is C13H18O2. The van der Waals surface area contributed by atoms with Crippen molar-refractivity contribution < 1.29 is 9.53 Å². The second kappa shape index (κ2) is 6.23. The van der Waals surface area contributed by atoms with Gasteiger partial charge >= 0.3 is 0 Å². The number of aryl methyl sites for hydroxylation is 1. The van der Waals surface area contributed by atoms with Gasteiger partial charge in [0.25, 0.3) is 0 Å². The molecule has 0 atom stereocenters. The number of carbonyl (C=O) groups is 1. The zero-order valence-electron chi connectivity index (χ0n) is 9.40. The van der Waals surface area contributed by atoms with Gasteiger partial charge in [-0.1, -0.05) is 18.2 Å². The topological polar surface area (TPSA) is 26.3 Å². The molecule has 0 saturated carbocycles. The first-order chi connectivity index (χ1) is 7.24. The number of para-hydroxylation sites is 1. The van der Waals surface area contributed by atoms with Crippen LogP contribution in [0.15, 0.2) is 24.3 Å². The summed E-state index contributed by atoms with van der Waals surface area (Å²) in [6, 6.07) is 8.02. The largest absolute Gasteiger partial charge is 0.491 e. The fourth-order valence-electron chi connectivity index (χ4n) is 1.46. The smallest absolute Gasteiger partial charge is 0.122 e. The van der Waals surface area contributed by atoms with E-state index in [2.05, 4.69) is 6.07 Å². The quantitative estimate of drug-likeness (QED) is 0.528. The average molecular weight is 206 g/mol. The number of unbranched alkanes of at least 4 members (excludes halogenated alkanes) is 1. The first-order valence-electron chi connectivity index (χ1n) is 5.42. The molecule has 0 spiro atoms. The highest BCUT2D eigenvalue weighted by Crippen LogP contribution is 2.20. The number of hydrogen-bond acceptors (Lipinski definition) is 2. The van der Waals surface area contributed by atoms with E-state index in [1.807, 2.05) is 32.0 Å². The van der Waals surface area contributed by atoms with E-state index in [1.54, 1.807) is 0 Å². The molecule has 2 nitrogen and oxygen atoms in total. The van der Waals surface area contributed by atoms with Gasteiger partial charge in [0.15, 0.2) is 0 Å². The molecule has 0 aliphatic rings. The molecule has 15 heavy (non-hydrogen) atoms. The fraction of sp³-hybridized carbons (Fsp3) is 0.462. The molecule has 2 heteroatoms. The molecule has 0 N–H and O–H groups in total. The lowest BCUT2D eigenvalue weighted by molar-refractivity contribution is -0.107. The van der Waals surface area contributed by atoms with Gasteiger partial charge in [0.2, 0.25) is 0 Å². The number of aldehydes is 1. The van der Waals surface area contributed by atoms with Gasteiger partial charge in [-0.15, -0.1) is 0 Å². The number of ether oxygens (including phenoxy) is 1. The van der Waals surface area contributed by atoms with E-state index in [1.165, 1.54) is 5.56 Å². The van der Waals surface area contributed by atoms with Gasteiger partial charge in [-0.2, -0.15) is 0 Å². The lowest BCUT2D eigenvalue weighted by Crippen LogP contribution is -2.07. The third-order valence-electron chi connectivity index (χ3n) is 2.10. The summed E-state index contributed by atoms with van der Waals surface area (Å²) in [6.07, 6.45) is 3.57. The molecule has 1 aromatic rings. The Labute approximate surface area is 91.3 Å². The molecule has 0 saturated heterocycles. The van der Waals surface area contributed by atoms with Crippen LogP contribution in [0.2, 0.25) is 0 Å². The maximum atomic E-state index is 10.2. The molecule has 0 fully saturated rings. The second-order valence-corrected chi connectivity index (χ2v) is 3.83. The summed E-state index contributed by atoms with van der Waals surface area (Å²) in [5.74, 6) is 0.943. The number of benzene rings is 1. The van der Waals surface area contributed by atoms with E-state index in [4.69, 9.17) is 4.74 Å². The molecule has 1 rings (SSSR count). The highest BCUT2D eigenvalue weighted by atomic mass is 16.5. The summed E-state index contributed by atoms with van der Waals surface area (Å²) in [5, 5.41) is 0. The molecule has 0 aliphatic heterocycles. The van der Waals surface area contributed by atoms with E-state index in [0.29, 0.717) is 6.42 Å². The summed E-state index contributed by atoms with van der Waals surface area (Å²) in [4.78, 5) is 10.2. The third-order valence-corrected chi connectivity index (χ3v) is 2.10. The summed E-state index contributed by atoms with van der Waals surface area (Å²) in [5.41, 5.74) is 1.19. The molecule has 1 aromatic carbocycles. The standard InChI is InChI=1S/C13H18O2/c1-11(2)15-13-9-4-3-7-12(13)8-5-6-10-14/h3-4,7,9-11H,5-6,8H2,1-2H3. The first-order valence-corrected chi connectivity index (χ1v) is 5.42. The lowest BCUT2D eigenvalue weighted by atomic mass is 10.1. The zero-order valence-corrected chi connectivity index (χ0v) is 9.40. The molecule has 0 bridgehead atoms. The van der Waals surface area contributed by atoms with Crippen LogP contribution in [0.25, 0.3) is 0 Å². The molecule has 0 radical (unpaired) electrons. The van der Waals surface area contributed by atoms with Crippen molar-refractivity contribution >= 4 is 6.29 Å². The number of rotatable bonds is 6. The average Bonchev–Trinajstić information content (AvgIpc) is 2.20. The summed E-state index contributed by atoms with van der Waals surface area (Å²) < 4.78 is 5.69. The Hall–Kier alpha value is -1.31. The monoisotopic (exact) mass is 206 g/mol. The van der Waals surface area contributed by atoms with Crippen LogP contribution >= 0.6 is 0 Å². The zero-order chi connectivity index (χ0) is 11.1. The van der Waals surface area contributed by atoms with Gasteiger partial charge in [0, 0.05) is 6.42 Å². The van der Waals surface area contributed by atoms with E-state index in [0.717, 1.165) is 24.9 Å². The van der Waals surface area contributed by atoms with Gasteiger partial charge in [0.1, 0.15) is 12.0 Å². The third kappa shape index (κ3) is 4.15. The predicted octanol–water partition coefficient (Wildman–Crippen LogP) is 3.00. The van der Waals surface area contributed by atoms with Gasteiger partial charge in [0.05, 0.1) is 6.10 Å². The fourth-order valence-corrected chi connectivity index (χ4v) is 1.46. The van der Waals surface area contributed by atoms with E-state index >= 15 is 0 Å². The van der Waals surface area contributed by atoms with Crippen LogP contribution in [-0.2, 0) is 11.2 Å². The van der Waals surface area contributed by atoms with Crippen molar-refractivity contribution in [3.8, 4) is 5.75 Å². The van der Waals surface area contributed by atoms with Crippen molar-refractivity contribution in [2.24, 2.45) is 0 Å². The molecule has 0 aliphatic carbocycles. The van der Waals surface area contributed by atoms with Crippen molar-refractivity contribution in [1.82, 2.24) is 0 Å². The Morgan fingerprint density at radius 2 is 2.07 bits per heavy atom. The highest BCUT2D eigenvalue weighted by molar-refractivity contribution is 5.49. The van der Waals surface area contributed by atoms with Crippen LogP contribution in [-0.4, -0.2) is 12.4 Å². The van der Waals surface area contributed by atoms with E-state index in [-0.39, 0.29) is 6.10 Å². The SMILES string of the molecule is CC(C)Oc1ccccc1CCCC=O. The minimum absolute atomic E-state index is 0.192. The molecule has 0 aromatic heterocycles. The lowest BCUT2D eigenvalue weighted by Gasteiger charge is -2.13. The first kappa shape index (κ1) is 11.8. The molecular weight excluding hydrogens is 188 g/mol. The minimum Gasteiger partial charge on any atom is -0.491 e. The van der Waals surface area contributed by atoms with Crippen LogP contribution in [0.5, 0.6) is 5.75 Å². The van der Waals surface area contributed by atoms with Crippen molar-refractivity contribution in [2.45, 2.75) is 39.2 Å². The van der Waals surface area contributed by atoms with Crippen LogP contribution in [0.1, 0.15) is 32.3 Å². The summed E-state index contributed by atoms with van der Waals surface area (Å²) >= 11 is 0. The Bertz CT molecular complexity index is 305. The predicted molar refractivity (Wildman–Crippen MR) is 61.2 cm³/mol. The minimum atomic E-state index is 0.192. The Morgan fingerprint density at radius 1 is 1.33 bits per heavy atom. The molecule has 82 valence electrons. The highest BCUT2D eigenvalue weighted by Gasteiger charge is 2.04. The van der Waals surface area contributed by atoms with Crippen LogP contribution < -0.4 is 4.74 Å². The van der Waals surface area contributed by atoms with E-state index in [9.17, 15) is 4.79 Å². The van der Waals surface area contributed by atoms with Crippen molar-refractivity contribution in [2.75, 3.05) is 0 Å². The van der Waals surface area contributed by atoms with Gasteiger partial charge in [-0.05, 0) is 38.3 Å². The Morgan fingerprint density at radius 3 is 2.73 bits per heavy atom. The van der Waals surface area contributed by atoms with Crippen molar-refractivity contribution in [3.63, 3.8) is 0 Å². The Kier molecular flexibility index (Phi) is 4.88. The molecule has 0 unspecified atom stereocenters.